The summed E-state index contributed by atoms with van der Waals surface area (Å²) in [6.07, 6.45) is 6.65. The first kappa shape index (κ1) is 10.2. The second kappa shape index (κ2) is 4.45. The Bertz CT molecular complexity index is 300. The number of aryl methyl sites for hydroxylation is 1. The molecule has 1 aliphatic rings. The van der Waals surface area contributed by atoms with Crippen LogP contribution in [0.3, 0.4) is 0 Å². The molecule has 2 unspecified atom stereocenters. The fourth-order valence-electron chi connectivity index (χ4n) is 1.89. The number of imidazole rings is 1. The molecule has 0 radical (unpaired) electrons. The molecule has 0 aliphatic carbocycles. The van der Waals surface area contributed by atoms with Crippen LogP contribution >= 0.6 is 15.9 Å². The van der Waals surface area contributed by atoms with Gasteiger partial charge in [0.15, 0.2) is 0 Å². The quantitative estimate of drug-likeness (QED) is 0.780. The second-order valence-corrected chi connectivity index (χ2v) is 4.20. The smallest absolute Gasteiger partial charge is 0.137 e. The van der Waals surface area contributed by atoms with Crippen molar-refractivity contribution in [2.75, 3.05) is 5.33 Å². The van der Waals surface area contributed by atoms with Gasteiger partial charge in [-0.05, 0) is 19.8 Å². The molecule has 3 nitrogen and oxygen atoms in total. The summed E-state index contributed by atoms with van der Waals surface area (Å²) in [6.45, 7) is 3.09. The molecule has 1 aromatic heterocycles. The molecular weight excluding hydrogens is 244 g/mol. The monoisotopic (exact) mass is 258 g/mol. The van der Waals surface area contributed by atoms with Crippen molar-refractivity contribution in [1.29, 1.82) is 0 Å². The summed E-state index contributed by atoms with van der Waals surface area (Å²) in [5.74, 6) is 1.08. The molecule has 0 bridgehead atoms. The normalized spacial score (nSPS) is 27.0. The number of rotatable bonds is 3. The molecule has 0 amide bonds. The molecule has 2 heterocycles. The summed E-state index contributed by atoms with van der Waals surface area (Å²) < 4.78 is 8.02. The lowest BCUT2D eigenvalue weighted by Gasteiger charge is -2.12. The Balaban J connectivity index is 2.09. The molecule has 0 aromatic carbocycles. The number of alkyl halides is 1. The molecule has 4 heteroatoms. The van der Waals surface area contributed by atoms with Crippen molar-refractivity contribution in [3.8, 4) is 0 Å². The highest BCUT2D eigenvalue weighted by Gasteiger charge is 2.28. The number of halogens is 1. The van der Waals surface area contributed by atoms with E-state index in [1.54, 1.807) is 0 Å². The van der Waals surface area contributed by atoms with Crippen molar-refractivity contribution < 1.29 is 4.74 Å². The summed E-state index contributed by atoms with van der Waals surface area (Å²) in [4.78, 5) is 4.36. The third-order valence-corrected chi connectivity index (χ3v) is 3.38. The minimum absolute atomic E-state index is 0.201. The van der Waals surface area contributed by atoms with Crippen LogP contribution < -0.4 is 0 Å². The van der Waals surface area contributed by atoms with Crippen molar-refractivity contribution >= 4 is 15.9 Å². The Labute approximate surface area is 92.6 Å². The van der Waals surface area contributed by atoms with Gasteiger partial charge in [-0.2, -0.15) is 0 Å². The minimum atomic E-state index is 0.201. The SMILES string of the molecule is CCn1ccnc1C1CCC(CBr)O1. The van der Waals surface area contributed by atoms with E-state index in [0.29, 0.717) is 6.10 Å². The van der Waals surface area contributed by atoms with Crippen molar-refractivity contribution in [2.45, 2.75) is 38.5 Å². The van der Waals surface area contributed by atoms with E-state index in [1.165, 1.54) is 0 Å². The average Bonchev–Trinajstić information content (AvgIpc) is 2.85. The van der Waals surface area contributed by atoms with Gasteiger partial charge in [0.1, 0.15) is 11.9 Å². The van der Waals surface area contributed by atoms with Gasteiger partial charge in [-0.25, -0.2) is 4.98 Å². The van der Waals surface area contributed by atoms with E-state index in [2.05, 4.69) is 32.4 Å². The minimum Gasteiger partial charge on any atom is -0.366 e. The van der Waals surface area contributed by atoms with E-state index >= 15 is 0 Å². The molecule has 78 valence electrons. The summed E-state index contributed by atoms with van der Waals surface area (Å²) in [7, 11) is 0. The predicted molar refractivity (Wildman–Crippen MR) is 58.5 cm³/mol. The van der Waals surface area contributed by atoms with Crippen LogP contribution in [0.4, 0.5) is 0 Å². The fourth-order valence-corrected chi connectivity index (χ4v) is 2.36. The Morgan fingerprint density at radius 2 is 2.50 bits per heavy atom. The van der Waals surface area contributed by atoms with E-state index in [4.69, 9.17) is 4.74 Å². The van der Waals surface area contributed by atoms with Gasteiger partial charge in [0.05, 0.1) is 6.10 Å². The van der Waals surface area contributed by atoms with Gasteiger partial charge in [0, 0.05) is 24.3 Å². The van der Waals surface area contributed by atoms with Crippen LogP contribution in [-0.4, -0.2) is 21.0 Å². The van der Waals surface area contributed by atoms with Gasteiger partial charge in [-0.3, -0.25) is 0 Å². The third kappa shape index (κ3) is 1.86. The maximum Gasteiger partial charge on any atom is 0.137 e. The second-order valence-electron chi connectivity index (χ2n) is 3.55. The number of ether oxygens (including phenoxy) is 1. The van der Waals surface area contributed by atoms with Gasteiger partial charge in [0.2, 0.25) is 0 Å². The molecule has 1 fully saturated rings. The van der Waals surface area contributed by atoms with Crippen molar-refractivity contribution in [3.63, 3.8) is 0 Å². The highest BCUT2D eigenvalue weighted by molar-refractivity contribution is 9.09. The molecule has 0 saturated carbocycles. The van der Waals surface area contributed by atoms with E-state index in [1.807, 2.05) is 12.4 Å². The Kier molecular flexibility index (Phi) is 3.23. The molecular formula is C10H15BrN2O. The first-order valence-corrected chi connectivity index (χ1v) is 6.19. The lowest BCUT2D eigenvalue weighted by Crippen LogP contribution is -2.11. The maximum atomic E-state index is 5.87. The van der Waals surface area contributed by atoms with Crippen molar-refractivity contribution in [2.24, 2.45) is 0 Å². The van der Waals surface area contributed by atoms with Crippen LogP contribution in [0.25, 0.3) is 0 Å². The predicted octanol–water partition coefficient (Wildman–Crippen LogP) is 2.52. The van der Waals surface area contributed by atoms with E-state index in [9.17, 15) is 0 Å². The van der Waals surface area contributed by atoms with Gasteiger partial charge in [-0.15, -0.1) is 0 Å². The Hall–Kier alpha value is -0.350. The molecule has 2 atom stereocenters. The number of hydrogen-bond acceptors (Lipinski definition) is 2. The van der Waals surface area contributed by atoms with Crippen molar-refractivity contribution in [3.05, 3.63) is 18.2 Å². The van der Waals surface area contributed by atoms with Crippen molar-refractivity contribution in [1.82, 2.24) is 9.55 Å². The molecule has 1 aromatic rings. The van der Waals surface area contributed by atoms with Crippen LogP contribution in [0, 0.1) is 0 Å². The zero-order chi connectivity index (χ0) is 9.97. The highest BCUT2D eigenvalue weighted by atomic mass is 79.9. The van der Waals surface area contributed by atoms with Gasteiger partial charge < -0.3 is 9.30 Å². The largest absolute Gasteiger partial charge is 0.366 e. The van der Waals surface area contributed by atoms with Gasteiger partial charge >= 0.3 is 0 Å². The average molecular weight is 259 g/mol. The van der Waals surface area contributed by atoms with E-state index < -0.39 is 0 Å². The molecule has 2 rings (SSSR count). The third-order valence-electron chi connectivity index (χ3n) is 2.66. The first-order chi connectivity index (χ1) is 6.85. The Morgan fingerprint density at radius 1 is 1.64 bits per heavy atom. The number of hydrogen-bond donors (Lipinski definition) is 0. The zero-order valence-electron chi connectivity index (χ0n) is 8.32. The summed E-state index contributed by atoms with van der Waals surface area (Å²) in [5, 5.41) is 0.927. The zero-order valence-corrected chi connectivity index (χ0v) is 9.90. The molecule has 14 heavy (non-hydrogen) atoms. The number of aromatic nitrogens is 2. The highest BCUT2D eigenvalue weighted by Crippen LogP contribution is 2.32. The number of nitrogens with zero attached hydrogens (tertiary/aromatic N) is 2. The van der Waals surface area contributed by atoms with E-state index in [0.717, 1.165) is 30.5 Å². The lowest BCUT2D eigenvalue weighted by molar-refractivity contribution is 0.0514. The summed E-state index contributed by atoms with van der Waals surface area (Å²) >= 11 is 3.45. The molecule has 0 N–H and O–H groups in total. The topological polar surface area (TPSA) is 27.1 Å². The first-order valence-electron chi connectivity index (χ1n) is 5.07. The summed E-state index contributed by atoms with van der Waals surface area (Å²) in [5.41, 5.74) is 0. The summed E-state index contributed by atoms with van der Waals surface area (Å²) in [6, 6.07) is 0. The maximum absolute atomic E-state index is 5.87. The van der Waals surface area contributed by atoms with E-state index in [-0.39, 0.29) is 6.10 Å². The molecule has 0 spiro atoms. The molecule has 1 aliphatic heterocycles. The Morgan fingerprint density at radius 3 is 3.14 bits per heavy atom. The van der Waals surface area contributed by atoms with Crippen LogP contribution in [0.1, 0.15) is 31.7 Å². The lowest BCUT2D eigenvalue weighted by atomic mass is 10.2. The van der Waals surface area contributed by atoms with Crippen LogP contribution in [0.5, 0.6) is 0 Å². The van der Waals surface area contributed by atoms with Crippen LogP contribution in [-0.2, 0) is 11.3 Å². The molecule has 1 saturated heterocycles. The van der Waals surface area contributed by atoms with Gasteiger partial charge in [0.25, 0.3) is 0 Å². The van der Waals surface area contributed by atoms with Crippen LogP contribution in [0.15, 0.2) is 12.4 Å². The van der Waals surface area contributed by atoms with Gasteiger partial charge in [-0.1, -0.05) is 15.9 Å². The fraction of sp³-hybridized carbons (Fsp3) is 0.700. The van der Waals surface area contributed by atoms with Crippen LogP contribution in [0.2, 0.25) is 0 Å². The standard InChI is InChI=1S/C10H15BrN2O/c1-2-13-6-5-12-10(13)9-4-3-8(7-11)14-9/h5-6,8-9H,2-4,7H2,1H3.